The van der Waals surface area contributed by atoms with Crippen LogP contribution in [0, 0.1) is 0 Å². The van der Waals surface area contributed by atoms with Crippen molar-refractivity contribution >= 4 is 22.7 Å². The lowest BCUT2D eigenvalue weighted by Crippen LogP contribution is -2.27. The minimum atomic E-state index is -4.33. The molecule has 22 heavy (non-hydrogen) atoms. The fraction of sp³-hybridized carbons (Fsp3) is 0.467. The summed E-state index contributed by atoms with van der Waals surface area (Å²) in [6.07, 6.45) is -2.77. The van der Waals surface area contributed by atoms with Crippen LogP contribution in [-0.2, 0) is 6.54 Å². The molecular weight excluding hydrogens is 313 g/mol. The maximum Gasteiger partial charge on any atom is 0.400 e. The lowest BCUT2D eigenvalue weighted by Gasteiger charge is -2.18. The van der Waals surface area contributed by atoms with Gasteiger partial charge < -0.3 is 0 Å². The predicted octanol–water partition coefficient (Wildman–Crippen LogP) is 4.24. The second-order valence-electron chi connectivity index (χ2n) is 5.02. The lowest BCUT2D eigenvalue weighted by atomic mass is 10.2. The molecule has 0 unspecified atom stereocenters. The standard InChI is InChI=1S/C15H17F3N2OS/c1-3-4-9-20-13(21)11-7-5-6-8-12(11)19-14(20)22-10(2)15(16,17)18/h5-8,10H,3-4,9H2,1-2H3/t10-/m0/s1. The molecule has 0 fully saturated rings. The fourth-order valence-corrected chi connectivity index (χ4v) is 2.88. The molecule has 0 saturated heterocycles. The van der Waals surface area contributed by atoms with E-state index in [9.17, 15) is 18.0 Å². The van der Waals surface area contributed by atoms with Crippen LogP contribution >= 0.6 is 11.8 Å². The third-order valence-electron chi connectivity index (χ3n) is 3.31. The van der Waals surface area contributed by atoms with E-state index in [1.807, 2.05) is 6.92 Å². The van der Waals surface area contributed by atoms with E-state index in [-0.39, 0.29) is 10.7 Å². The molecule has 1 aromatic heterocycles. The second-order valence-corrected chi connectivity index (χ2v) is 6.33. The maximum absolute atomic E-state index is 12.8. The van der Waals surface area contributed by atoms with Crippen molar-refractivity contribution in [3.63, 3.8) is 0 Å². The van der Waals surface area contributed by atoms with Crippen LogP contribution in [0.2, 0.25) is 0 Å². The number of para-hydroxylation sites is 1. The zero-order valence-corrected chi connectivity index (χ0v) is 13.2. The number of fused-ring (bicyclic) bond motifs is 1. The predicted molar refractivity (Wildman–Crippen MR) is 82.3 cm³/mol. The van der Waals surface area contributed by atoms with Crippen molar-refractivity contribution in [1.82, 2.24) is 9.55 Å². The minimum Gasteiger partial charge on any atom is -0.287 e. The zero-order chi connectivity index (χ0) is 16.3. The van der Waals surface area contributed by atoms with Crippen LogP contribution < -0.4 is 5.56 Å². The van der Waals surface area contributed by atoms with Crippen molar-refractivity contribution in [2.75, 3.05) is 0 Å². The molecule has 1 atom stereocenters. The molecule has 0 saturated carbocycles. The Morgan fingerprint density at radius 1 is 1.32 bits per heavy atom. The molecule has 0 bridgehead atoms. The SMILES string of the molecule is CCCCn1c(S[C@@H](C)C(F)(F)F)nc2ccccc2c1=O. The minimum absolute atomic E-state index is 0.127. The van der Waals surface area contributed by atoms with Gasteiger partial charge in [0.25, 0.3) is 5.56 Å². The Morgan fingerprint density at radius 2 is 2.00 bits per heavy atom. The highest BCUT2D eigenvalue weighted by Crippen LogP contribution is 2.34. The first kappa shape index (κ1) is 16.9. The van der Waals surface area contributed by atoms with Crippen LogP contribution in [0.25, 0.3) is 10.9 Å². The average Bonchev–Trinajstić information content (AvgIpc) is 2.46. The number of alkyl halides is 3. The van der Waals surface area contributed by atoms with Crippen molar-refractivity contribution in [2.45, 2.75) is 49.8 Å². The summed E-state index contributed by atoms with van der Waals surface area (Å²) < 4.78 is 39.8. The van der Waals surface area contributed by atoms with Gasteiger partial charge in [-0.05, 0) is 25.5 Å². The molecule has 0 aliphatic rings. The monoisotopic (exact) mass is 330 g/mol. The van der Waals surface area contributed by atoms with Gasteiger partial charge >= 0.3 is 6.18 Å². The number of hydrogen-bond donors (Lipinski definition) is 0. The Balaban J connectivity index is 2.52. The molecular formula is C15H17F3N2OS. The molecule has 1 aromatic carbocycles. The Hall–Kier alpha value is -1.50. The summed E-state index contributed by atoms with van der Waals surface area (Å²) >= 11 is 0.583. The van der Waals surface area contributed by atoms with Gasteiger partial charge in [-0.2, -0.15) is 13.2 Å². The first-order chi connectivity index (χ1) is 10.3. The van der Waals surface area contributed by atoms with Gasteiger partial charge in [0.2, 0.25) is 0 Å². The fourth-order valence-electron chi connectivity index (χ4n) is 1.98. The van der Waals surface area contributed by atoms with Crippen molar-refractivity contribution < 1.29 is 13.2 Å². The van der Waals surface area contributed by atoms with Gasteiger partial charge in [0.1, 0.15) is 5.25 Å². The lowest BCUT2D eigenvalue weighted by molar-refractivity contribution is -0.125. The number of nitrogens with zero attached hydrogens (tertiary/aromatic N) is 2. The van der Waals surface area contributed by atoms with Gasteiger partial charge in [-0.3, -0.25) is 9.36 Å². The summed E-state index contributed by atoms with van der Waals surface area (Å²) in [6.45, 7) is 3.42. The third kappa shape index (κ3) is 3.63. The van der Waals surface area contributed by atoms with Crippen molar-refractivity contribution in [3.8, 4) is 0 Å². The Bertz CT molecular complexity index is 712. The number of unbranched alkanes of at least 4 members (excludes halogenated alkanes) is 1. The molecule has 0 aliphatic carbocycles. The summed E-state index contributed by atoms with van der Waals surface area (Å²) in [5.41, 5.74) is 0.146. The summed E-state index contributed by atoms with van der Waals surface area (Å²) in [5, 5.41) is -1.06. The Kier molecular flexibility index (Phi) is 5.16. The summed E-state index contributed by atoms with van der Waals surface area (Å²) in [7, 11) is 0. The highest BCUT2D eigenvalue weighted by molar-refractivity contribution is 7.99. The summed E-state index contributed by atoms with van der Waals surface area (Å²) in [5.74, 6) is 0. The zero-order valence-electron chi connectivity index (χ0n) is 12.4. The van der Waals surface area contributed by atoms with E-state index in [0.29, 0.717) is 35.6 Å². The van der Waals surface area contributed by atoms with E-state index in [0.717, 1.165) is 13.3 Å². The number of rotatable bonds is 5. The molecule has 0 spiro atoms. The van der Waals surface area contributed by atoms with E-state index in [1.54, 1.807) is 24.3 Å². The van der Waals surface area contributed by atoms with Crippen molar-refractivity contribution in [2.24, 2.45) is 0 Å². The van der Waals surface area contributed by atoms with E-state index in [1.165, 1.54) is 4.57 Å². The van der Waals surface area contributed by atoms with Crippen LogP contribution in [0.4, 0.5) is 13.2 Å². The smallest absolute Gasteiger partial charge is 0.287 e. The van der Waals surface area contributed by atoms with E-state index in [2.05, 4.69) is 4.98 Å². The third-order valence-corrected chi connectivity index (χ3v) is 4.45. The van der Waals surface area contributed by atoms with Crippen LogP contribution in [0.1, 0.15) is 26.7 Å². The number of benzene rings is 1. The first-order valence-electron chi connectivity index (χ1n) is 7.07. The molecule has 2 rings (SSSR count). The molecule has 120 valence electrons. The van der Waals surface area contributed by atoms with Gasteiger partial charge in [0.15, 0.2) is 5.16 Å². The molecule has 0 aliphatic heterocycles. The number of halogens is 3. The van der Waals surface area contributed by atoms with Gasteiger partial charge in [-0.1, -0.05) is 37.2 Å². The van der Waals surface area contributed by atoms with Gasteiger partial charge in [0.05, 0.1) is 10.9 Å². The Labute approximate surface area is 130 Å². The van der Waals surface area contributed by atoms with E-state index in [4.69, 9.17) is 0 Å². The normalized spacial score (nSPS) is 13.5. The van der Waals surface area contributed by atoms with Crippen LogP contribution in [0.3, 0.4) is 0 Å². The Morgan fingerprint density at radius 3 is 2.64 bits per heavy atom. The highest BCUT2D eigenvalue weighted by Gasteiger charge is 2.37. The van der Waals surface area contributed by atoms with E-state index < -0.39 is 11.4 Å². The first-order valence-corrected chi connectivity index (χ1v) is 7.95. The molecule has 7 heteroatoms. The maximum atomic E-state index is 12.8. The van der Waals surface area contributed by atoms with Crippen LogP contribution in [0.15, 0.2) is 34.2 Å². The van der Waals surface area contributed by atoms with Gasteiger partial charge in [-0.25, -0.2) is 4.98 Å². The largest absolute Gasteiger partial charge is 0.400 e. The highest BCUT2D eigenvalue weighted by atomic mass is 32.2. The topological polar surface area (TPSA) is 34.9 Å². The molecule has 3 nitrogen and oxygen atoms in total. The number of aromatic nitrogens is 2. The second kappa shape index (κ2) is 6.73. The summed E-state index contributed by atoms with van der Waals surface area (Å²) in [6, 6.07) is 6.73. The quantitative estimate of drug-likeness (QED) is 0.607. The number of hydrogen-bond acceptors (Lipinski definition) is 3. The van der Waals surface area contributed by atoms with Crippen molar-refractivity contribution in [3.05, 3.63) is 34.6 Å². The van der Waals surface area contributed by atoms with Crippen molar-refractivity contribution in [1.29, 1.82) is 0 Å². The van der Waals surface area contributed by atoms with Crippen LogP contribution in [0.5, 0.6) is 0 Å². The molecule has 0 radical (unpaired) electrons. The molecule has 1 heterocycles. The molecule has 2 aromatic rings. The van der Waals surface area contributed by atoms with Gasteiger partial charge in [0, 0.05) is 6.54 Å². The summed E-state index contributed by atoms with van der Waals surface area (Å²) in [4.78, 5) is 16.8. The number of thioether (sulfide) groups is 1. The van der Waals surface area contributed by atoms with E-state index >= 15 is 0 Å². The molecule has 0 amide bonds. The average molecular weight is 330 g/mol. The van der Waals surface area contributed by atoms with Gasteiger partial charge in [-0.15, -0.1) is 0 Å². The molecule has 0 N–H and O–H groups in total. The van der Waals surface area contributed by atoms with Crippen LogP contribution in [-0.4, -0.2) is 21.0 Å².